The Kier molecular flexibility index (Phi) is 3.87. The number of nitrogens with one attached hydrogen (secondary N) is 1. The van der Waals surface area contributed by atoms with Crippen LogP contribution in [0.3, 0.4) is 0 Å². The molecule has 104 valence electrons. The maximum atomic E-state index is 10.7. The van der Waals surface area contributed by atoms with Crippen LogP contribution in [0.1, 0.15) is 39.0 Å². The van der Waals surface area contributed by atoms with Crippen molar-refractivity contribution >= 4 is 17.3 Å². The van der Waals surface area contributed by atoms with Crippen molar-refractivity contribution in [2.75, 3.05) is 17.6 Å². The van der Waals surface area contributed by atoms with Crippen LogP contribution in [0.15, 0.2) is 12.1 Å². The van der Waals surface area contributed by atoms with Crippen molar-refractivity contribution in [1.29, 1.82) is 0 Å². The fourth-order valence-electron chi connectivity index (χ4n) is 2.78. The fraction of sp³-hybridized carbons (Fsp3) is 0.615. The van der Waals surface area contributed by atoms with Gasteiger partial charge in [0.2, 0.25) is 5.82 Å². The number of hydrogen-bond acceptors (Lipinski definition) is 5. The zero-order valence-electron chi connectivity index (χ0n) is 11.2. The minimum Gasteiger partial charge on any atom is -0.378 e. The molecule has 19 heavy (non-hydrogen) atoms. The molecule has 1 aromatic rings. The minimum absolute atomic E-state index is 0.0352. The molecule has 3 N–H and O–H groups in total. The predicted molar refractivity (Wildman–Crippen MR) is 75.0 cm³/mol. The van der Waals surface area contributed by atoms with Crippen LogP contribution in [0.2, 0.25) is 0 Å². The second-order valence-corrected chi connectivity index (χ2v) is 5.27. The first-order valence-corrected chi connectivity index (χ1v) is 6.71. The summed E-state index contributed by atoms with van der Waals surface area (Å²) in [7, 11) is 0. The summed E-state index contributed by atoms with van der Waals surface area (Å²) >= 11 is 0. The summed E-state index contributed by atoms with van der Waals surface area (Å²) in [5, 5.41) is 13.9. The SMILES string of the molecule is CCC1(CNc2ccc([N+](=O)[O-])c(N)n2)CCCC1. The lowest BCUT2D eigenvalue weighted by molar-refractivity contribution is -0.384. The van der Waals surface area contributed by atoms with E-state index in [1.807, 2.05) is 0 Å². The molecule has 0 radical (unpaired) electrons. The topological polar surface area (TPSA) is 94.1 Å². The highest BCUT2D eigenvalue weighted by Gasteiger charge is 2.31. The van der Waals surface area contributed by atoms with Gasteiger partial charge in [-0.1, -0.05) is 19.8 Å². The van der Waals surface area contributed by atoms with E-state index in [0.717, 1.165) is 13.0 Å². The van der Waals surface area contributed by atoms with Gasteiger partial charge in [0.15, 0.2) is 0 Å². The van der Waals surface area contributed by atoms with Crippen molar-refractivity contribution in [3.63, 3.8) is 0 Å². The minimum atomic E-state index is -0.517. The molecule has 1 fully saturated rings. The molecular formula is C13H20N4O2. The Balaban J connectivity index is 2.03. The van der Waals surface area contributed by atoms with Crippen molar-refractivity contribution in [3.05, 3.63) is 22.2 Å². The molecule has 2 rings (SSSR count). The third-order valence-electron chi connectivity index (χ3n) is 4.16. The molecule has 1 saturated carbocycles. The van der Waals surface area contributed by atoms with Crippen LogP contribution in [0.5, 0.6) is 0 Å². The van der Waals surface area contributed by atoms with Crippen LogP contribution in [0.4, 0.5) is 17.3 Å². The second-order valence-electron chi connectivity index (χ2n) is 5.27. The fourth-order valence-corrected chi connectivity index (χ4v) is 2.78. The Labute approximate surface area is 112 Å². The summed E-state index contributed by atoms with van der Waals surface area (Å²) in [6.07, 6.45) is 6.18. The van der Waals surface area contributed by atoms with E-state index in [0.29, 0.717) is 11.2 Å². The predicted octanol–water partition coefficient (Wildman–Crippen LogP) is 2.95. The van der Waals surface area contributed by atoms with Crippen LogP contribution >= 0.6 is 0 Å². The molecule has 6 nitrogen and oxygen atoms in total. The highest BCUT2D eigenvalue weighted by molar-refractivity contribution is 5.57. The van der Waals surface area contributed by atoms with Gasteiger partial charge in [0.05, 0.1) is 4.92 Å². The third-order valence-corrected chi connectivity index (χ3v) is 4.16. The second kappa shape index (κ2) is 5.42. The van der Waals surface area contributed by atoms with E-state index >= 15 is 0 Å². The lowest BCUT2D eigenvalue weighted by Crippen LogP contribution is -2.26. The zero-order valence-corrected chi connectivity index (χ0v) is 11.2. The average molecular weight is 264 g/mol. The Morgan fingerprint density at radius 3 is 2.68 bits per heavy atom. The van der Waals surface area contributed by atoms with E-state index in [1.165, 1.54) is 31.7 Å². The Morgan fingerprint density at radius 2 is 2.16 bits per heavy atom. The van der Waals surface area contributed by atoms with Gasteiger partial charge in [0, 0.05) is 12.6 Å². The summed E-state index contributed by atoms with van der Waals surface area (Å²) in [6, 6.07) is 3.02. The van der Waals surface area contributed by atoms with E-state index in [9.17, 15) is 10.1 Å². The number of nitrogens with zero attached hydrogens (tertiary/aromatic N) is 2. The van der Waals surface area contributed by atoms with Crippen LogP contribution in [0, 0.1) is 15.5 Å². The standard InChI is InChI=1S/C13H20N4O2/c1-2-13(7-3-4-8-13)9-15-11-6-5-10(17(18)19)12(14)16-11/h5-6H,2-4,7-9H2,1H3,(H3,14,15,16). The Morgan fingerprint density at radius 1 is 1.47 bits per heavy atom. The molecule has 0 aliphatic heterocycles. The smallest absolute Gasteiger partial charge is 0.311 e. The summed E-state index contributed by atoms with van der Waals surface area (Å²) < 4.78 is 0. The monoisotopic (exact) mass is 264 g/mol. The van der Waals surface area contributed by atoms with Gasteiger partial charge < -0.3 is 11.1 Å². The number of aromatic nitrogens is 1. The van der Waals surface area contributed by atoms with Crippen LogP contribution in [0.25, 0.3) is 0 Å². The number of nitrogen functional groups attached to an aromatic ring is 1. The zero-order chi connectivity index (χ0) is 13.9. The van der Waals surface area contributed by atoms with E-state index in [4.69, 9.17) is 5.73 Å². The third kappa shape index (κ3) is 2.94. The molecule has 1 aliphatic carbocycles. The van der Waals surface area contributed by atoms with Gasteiger partial charge in [-0.25, -0.2) is 4.98 Å². The summed E-state index contributed by atoms with van der Waals surface area (Å²) in [6.45, 7) is 3.07. The molecular weight excluding hydrogens is 244 g/mol. The van der Waals surface area contributed by atoms with E-state index in [-0.39, 0.29) is 11.5 Å². The highest BCUT2D eigenvalue weighted by atomic mass is 16.6. The quantitative estimate of drug-likeness (QED) is 0.629. The molecule has 6 heteroatoms. The first kappa shape index (κ1) is 13.6. The normalized spacial score (nSPS) is 17.3. The number of nitro groups is 1. The van der Waals surface area contributed by atoms with Crippen molar-refractivity contribution < 1.29 is 4.92 Å². The van der Waals surface area contributed by atoms with Crippen molar-refractivity contribution in [2.24, 2.45) is 5.41 Å². The Hall–Kier alpha value is -1.85. The van der Waals surface area contributed by atoms with Gasteiger partial charge in [-0.3, -0.25) is 10.1 Å². The summed E-state index contributed by atoms with van der Waals surface area (Å²) in [5.74, 6) is 0.579. The van der Waals surface area contributed by atoms with Crippen molar-refractivity contribution in [1.82, 2.24) is 4.98 Å². The molecule has 1 heterocycles. The van der Waals surface area contributed by atoms with E-state index in [1.54, 1.807) is 6.07 Å². The van der Waals surface area contributed by atoms with Gasteiger partial charge in [0.1, 0.15) is 5.82 Å². The Bertz CT molecular complexity index is 470. The van der Waals surface area contributed by atoms with Gasteiger partial charge in [-0.05, 0) is 30.7 Å². The molecule has 0 unspecified atom stereocenters. The molecule has 0 saturated heterocycles. The molecule has 0 aromatic carbocycles. The summed E-state index contributed by atoms with van der Waals surface area (Å²) in [5.41, 5.74) is 5.78. The first-order chi connectivity index (χ1) is 9.06. The van der Waals surface area contributed by atoms with Crippen molar-refractivity contribution in [3.8, 4) is 0 Å². The van der Waals surface area contributed by atoms with Gasteiger partial charge in [0.25, 0.3) is 0 Å². The lowest BCUT2D eigenvalue weighted by atomic mass is 9.83. The van der Waals surface area contributed by atoms with Crippen molar-refractivity contribution in [2.45, 2.75) is 39.0 Å². The lowest BCUT2D eigenvalue weighted by Gasteiger charge is -2.27. The molecule has 0 spiro atoms. The molecule has 0 amide bonds. The number of anilines is 2. The van der Waals surface area contributed by atoms with Gasteiger partial charge in [-0.15, -0.1) is 0 Å². The molecule has 1 aromatic heterocycles. The number of rotatable bonds is 5. The number of hydrogen-bond donors (Lipinski definition) is 2. The van der Waals surface area contributed by atoms with Crippen LogP contribution < -0.4 is 11.1 Å². The molecule has 1 aliphatic rings. The molecule has 0 atom stereocenters. The van der Waals surface area contributed by atoms with E-state index < -0.39 is 4.92 Å². The highest BCUT2D eigenvalue weighted by Crippen LogP contribution is 2.40. The van der Waals surface area contributed by atoms with Gasteiger partial charge >= 0.3 is 5.69 Å². The van der Waals surface area contributed by atoms with Gasteiger partial charge in [-0.2, -0.15) is 0 Å². The maximum Gasteiger partial charge on any atom is 0.311 e. The number of pyridine rings is 1. The number of nitrogens with two attached hydrogens (primary N) is 1. The maximum absolute atomic E-state index is 10.7. The summed E-state index contributed by atoms with van der Waals surface area (Å²) in [4.78, 5) is 14.2. The molecule has 0 bridgehead atoms. The van der Waals surface area contributed by atoms with E-state index in [2.05, 4.69) is 17.2 Å². The first-order valence-electron chi connectivity index (χ1n) is 6.71. The van der Waals surface area contributed by atoms with Crippen LogP contribution in [-0.2, 0) is 0 Å². The average Bonchev–Trinajstić information content (AvgIpc) is 2.85. The largest absolute Gasteiger partial charge is 0.378 e. The van der Waals surface area contributed by atoms with Crippen LogP contribution in [-0.4, -0.2) is 16.5 Å².